The number of amides is 1. The van der Waals surface area contributed by atoms with E-state index in [-0.39, 0.29) is 18.4 Å². The van der Waals surface area contributed by atoms with Crippen molar-refractivity contribution in [3.05, 3.63) is 35.9 Å². The summed E-state index contributed by atoms with van der Waals surface area (Å²) >= 11 is 0. The zero-order valence-electron chi connectivity index (χ0n) is 10.8. The molecule has 0 aliphatic carbocycles. The van der Waals surface area contributed by atoms with Crippen molar-refractivity contribution in [3.8, 4) is 11.8 Å². The zero-order chi connectivity index (χ0) is 14.1. The third kappa shape index (κ3) is 6.89. The summed E-state index contributed by atoms with van der Waals surface area (Å²) in [5.74, 6) is 4.12. The molecule has 0 radical (unpaired) electrons. The van der Waals surface area contributed by atoms with Crippen LogP contribution in [0.15, 0.2) is 30.3 Å². The number of rotatable bonds is 5. The summed E-state index contributed by atoms with van der Waals surface area (Å²) in [6, 6.07) is 9.19. The second-order valence-electron chi connectivity index (χ2n) is 4.28. The minimum atomic E-state index is -0.817. The molecule has 0 heterocycles. The molecule has 1 aromatic carbocycles. The maximum Gasteiger partial charge on any atom is 0.303 e. The Labute approximate surface area is 112 Å². The predicted octanol–water partition coefficient (Wildman–Crippen LogP) is 1.80. The molecule has 0 fully saturated rings. The highest BCUT2D eigenvalue weighted by Gasteiger charge is 2.06. The van der Waals surface area contributed by atoms with Crippen LogP contribution in [0.5, 0.6) is 0 Å². The van der Waals surface area contributed by atoms with Gasteiger partial charge in [0.25, 0.3) is 5.91 Å². The third-order valence-electron chi connectivity index (χ3n) is 2.50. The lowest BCUT2D eigenvalue weighted by molar-refractivity contribution is -0.137. The number of benzene rings is 1. The van der Waals surface area contributed by atoms with E-state index in [1.165, 1.54) is 0 Å². The third-order valence-corrected chi connectivity index (χ3v) is 2.50. The van der Waals surface area contributed by atoms with Gasteiger partial charge in [-0.05, 0) is 31.9 Å². The molecule has 0 bridgehead atoms. The van der Waals surface area contributed by atoms with E-state index in [9.17, 15) is 9.59 Å². The van der Waals surface area contributed by atoms with Crippen LogP contribution in [-0.4, -0.2) is 23.0 Å². The first-order chi connectivity index (χ1) is 9.08. The van der Waals surface area contributed by atoms with Crippen molar-refractivity contribution in [2.75, 3.05) is 0 Å². The maximum absolute atomic E-state index is 11.5. The summed E-state index contributed by atoms with van der Waals surface area (Å²) in [6.45, 7) is 1.84. The molecule has 19 heavy (non-hydrogen) atoms. The van der Waals surface area contributed by atoms with Crippen LogP contribution in [0.1, 0.15) is 31.7 Å². The molecule has 0 aliphatic rings. The number of carboxylic acid groups (broad SMARTS) is 1. The molecule has 4 heteroatoms. The molecule has 0 spiro atoms. The van der Waals surface area contributed by atoms with Crippen molar-refractivity contribution in [1.29, 1.82) is 0 Å². The van der Waals surface area contributed by atoms with Crippen molar-refractivity contribution in [3.63, 3.8) is 0 Å². The number of aliphatic carboxylic acids is 1. The van der Waals surface area contributed by atoms with E-state index in [2.05, 4.69) is 17.2 Å². The molecule has 1 unspecified atom stereocenters. The fourth-order valence-electron chi connectivity index (χ4n) is 1.54. The van der Waals surface area contributed by atoms with Crippen molar-refractivity contribution < 1.29 is 14.7 Å². The van der Waals surface area contributed by atoms with E-state index in [4.69, 9.17) is 5.11 Å². The van der Waals surface area contributed by atoms with Gasteiger partial charge in [0.15, 0.2) is 0 Å². The van der Waals surface area contributed by atoms with Gasteiger partial charge in [-0.3, -0.25) is 9.59 Å². The first kappa shape index (κ1) is 14.8. The molecule has 2 N–H and O–H groups in total. The molecular weight excluding hydrogens is 242 g/mol. The van der Waals surface area contributed by atoms with Crippen LogP contribution < -0.4 is 5.32 Å². The van der Waals surface area contributed by atoms with Crippen LogP contribution in [0, 0.1) is 11.8 Å². The minimum absolute atomic E-state index is 0.0723. The second kappa shape index (κ2) is 7.93. The van der Waals surface area contributed by atoms with Crippen LogP contribution >= 0.6 is 0 Å². The molecule has 4 nitrogen and oxygen atoms in total. The van der Waals surface area contributed by atoms with Gasteiger partial charge in [0.1, 0.15) is 0 Å². The van der Waals surface area contributed by atoms with Gasteiger partial charge in [0.2, 0.25) is 0 Å². The highest BCUT2D eigenvalue weighted by atomic mass is 16.4. The van der Waals surface area contributed by atoms with E-state index in [1.54, 1.807) is 0 Å². The Morgan fingerprint density at radius 2 is 2.00 bits per heavy atom. The quantitative estimate of drug-likeness (QED) is 0.792. The topological polar surface area (TPSA) is 66.4 Å². The van der Waals surface area contributed by atoms with Gasteiger partial charge in [-0.25, -0.2) is 0 Å². The molecule has 0 saturated carbocycles. The summed E-state index contributed by atoms with van der Waals surface area (Å²) < 4.78 is 0. The molecule has 0 aliphatic heterocycles. The fraction of sp³-hybridized carbons (Fsp3) is 0.333. The molecule has 1 aromatic rings. The lowest BCUT2D eigenvalue weighted by Crippen LogP contribution is -2.31. The largest absolute Gasteiger partial charge is 0.481 e. The Hall–Kier alpha value is -2.28. The molecule has 1 atom stereocenters. The number of hydrogen-bond donors (Lipinski definition) is 2. The summed E-state index contributed by atoms with van der Waals surface area (Å²) in [5, 5.41) is 11.2. The van der Waals surface area contributed by atoms with E-state index >= 15 is 0 Å². The molecule has 100 valence electrons. The number of carboxylic acids is 1. The van der Waals surface area contributed by atoms with Crippen molar-refractivity contribution >= 4 is 11.9 Å². The standard InChI is InChI=1S/C15H17NO3/c1-12(6-5-9-15(18)19)16-14(17)11-10-13-7-3-2-4-8-13/h2-4,7-8,12H,5-6,9H2,1H3,(H,16,17)(H,18,19). The van der Waals surface area contributed by atoms with Crippen LogP contribution in [0.3, 0.4) is 0 Å². The van der Waals surface area contributed by atoms with Crippen LogP contribution in [-0.2, 0) is 9.59 Å². The van der Waals surface area contributed by atoms with E-state index < -0.39 is 5.97 Å². The Morgan fingerprint density at radius 3 is 2.63 bits per heavy atom. The fourth-order valence-corrected chi connectivity index (χ4v) is 1.54. The lowest BCUT2D eigenvalue weighted by Gasteiger charge is -2.10. The van der Waals surface area contributed by atoms with E-state index in [1.807, 2.05) is 37.3 Å². The van der Waals surface area contributed by atoms with Crippen molar-refractivity contribution in [2.45, 2.75) is 32.2 Å². The van der Waals surface area contributed by atoms with Gasteiger partial charge in [-0.2, -0.15) is 0 Å². The first-order valence-corrected chi connectivity index (χ1v) is 6.17. The number of hydrogen-bond acceptors (Lipinski definition) is 2. The first-order valence-electron chi connectivity index (χ1n) is 6.17. The van der Waals surface area contributed by atoms with Crippen molar-refractivity contribution in [2.24, 2.45) is 0 Å². The predicted molar refractivity (Wildman–Crippen MR) is 72.4 cm³/mol. The Balaban J connectivity index is 2.35. The van der Waals surface area contributed by atoms with Gasteiger partial charge in [0, 0.05) is 23.9 Å². The highest BCUT2D eigenvalue weighted by molar-refractivity contribution is 5.94. The van der Waals surface area contributed by atoms with Gasteiger partial charge >= 0.3 is 5.97 Å². The number of carbonyl (C=O) groups is 2. The Bertz CT molecular complexity index is 485. The summed E-state index contributed by atoms with van der Waals surface area (Å²) in [4.78, 5) is 21.9. The highest BCUT2D eigenvalue weighted by Crippen LogP contribution is 2.00. The molecule has 1 rings (SSSR count). The molecule has 0 saturated heterocycles. The van der Waals surface area contributed by atoms with Gasteiger partial charge < -0.3 is 10.4 Å². The second-order valence-corrected chi connectivity index (χ2v) is 4.28. The minimum Gasteiger partial charge on any atom is -0.481 e. The van der Waals surface area contributed by atoms with Crippen LogP contribution in [0.25, 0.3) is 0 Å². The van der Waals surface area contributed by atoms with E-state index in [0.29, 0.717) is 12.8 Å². The van der Waals surface area contributed by atoms with Crippen LogP contribution in [0.2, 0.25) is 0 Å². The normalized spacial score (nSPS) is 11.0. The molecule has 0 aromatic heterocycles. The van der Waals surface area contributed by atoms with Gasteiger partial charge in [0.05, 0.1) is 0 Å². The summed E-state index contributed by atoms with van der Waals surface area (Å²) in [6.07, 6.45) is 1.30. The monoisotopic (exact) mass is 259 g/mol. The Kier molecular flexibility index (Phi) is 6.17. The Morgan fingerprint density at radius 1 is 1.32 bits per heavy atom. The average molecular weight is 259 g/mol. The van der Waals surface area contributed by atoms with E-state index in [0.717, 1.165) is 5.56 Å². The van der Waals surface area contributed by atoms with Gasteiger partial charge in [-0.1, -0.05) is 24.1 Å². The summed E-state index contributed by atoms with van der Waals surface area (Å²) in [5.41, 5.74) is 0.788. The van der Waals surface area contributed by atoms with Gasteiger partial charge in [-0.15, -0.1) is 0 Å². The SMILES string of the molecule is CC(CCCC(=O)O)NC(=O)C#Cc1ccccc1. The zero-order valence-corrected chi connectivity index (χ0v) is 10.8. The molecule has 1 amide bonds. The summed E-state index contributed by atoms with van der Waals surface area (Å²) in [7, 11) is 0. The number of carbonyl (C=O) groups excluding carboxylic acids is 1. The average Bonchev–Trinajstić information content (AvgIpc) is 2.37. The van der Waals surface area contributed by atoms with Crippen molar-refractivity contribution in [1.82, 2.24) is 5.32 Å². The smallest absolute Gasteiger partial charge is 0.303 e. The van der Waals surface area contributed by atoms with Crippen LogP contribution in [0.4, 0.5) is 0 Å². The lowest BCUT2D eigenvalue weighted by atomic mass is 10.1. The number of nitrogens with one attached hydrogen (secondary N) is 1. The maximum atomic E-state index is 11.5. The molecular formula is C15H17NO3.